The van der Waals surface area contributed by atoms with Crippen molar-refractivity contribution in [1.29, 1.82) is 0 Å². The summed E-state index contributed by atoms with van der Waals surface area (Å²) in [5, 5.41) is 3.64. The van der Waals surface area contributed by atoms with Gasteiger partial charge < -0.3 is 14.6 Å². The lowest BCUT2D eigenvalue weighted by atomic mass is 9.97. The number of aromatic nitrogens is 2. The van der Waals surface area contributed by atoms with E-state index < -0.39 is 0 Å². The van der Waals surface area contributed by atoms with E-state index in [1.807, 2.05) is 6.20 Å². The highest BCUT2D eigenvalue weighted by atomic mass is 16.5. The van der Waals surface area contributed by atoms with Gasteiger partial charge in [0.1, 0.15) is 0 Å². The van der Waals surface area contributed by atoms with E-state index in [1.54, 1.807) is 7.11 Å². The number of rotatable bonds is 6. The smallest absolute Gasteiger partial charge is 0.202 e. The van der Waals surface area contributed by atoms with E-state index in [0.717, 1.165) is 25.5 Å². The molecule has 0 radical (unpaired) electrons. The summed E-state index contributed by atoms with van der Waals surface area (Å²) in [6.45, 7) is 1.78. The minimum absolute atomic E-state index is 0.601. The zero-order chi connectivity index (χ0) is 13.3. The Morgan fingerprint density at radius 1 is 1.26 bits per heavy atom. The third kappa shape index (κ3) is 4.86. The molecule has 0 amide bonds. The number of methoxy groups -OCH3 is 1. The van der Waals surface area contributed by atoms with E-state index in [1.165, 1.54) is 44.9 Å². The van der Waals surface area contributed by atoms with Crippen LogP contribution in [0.25, 0.3) is 0 Å². The normalized spacial score (nSPS) is 17.9. The Morgan fingerprint density at radius 2 is 2.00 bits per heavy atom. The molecule has 0 saturated heterocycles. The Bertz CT molecular complexity index is 343. The molecule has 1 aliphatic rings. The molecule has 0 aliphatic heterocycles. The van der Waals surface area contributed by atoms with Crippen molar-refractivity contribution in [3.8, 4) is 0 Å². The molecular formula is C15H27N3O. The molecule has 1 fully saturated rings. The lowest BCUT2D eigenvalue weighted by molar-refractivity contribution is 0.190. The maximum Gasteiger partial charge on any atom is 0.202 e. The molecule has 1 aromatic rings. The maximum atomic E-state index is 5.11. The minimum atomic E-state index is 0.601. The van der Waals surface area contributed by atoms with Crippen LogP contribution < -0.4 is 5.32 Å². The Kier molecular flexibility index (Phi) is 6.21. The Hall–Kier alpha value is -1.03. The second-order valence-electron chi connectivity index (χ2n) is 5.48. The van der Waals surface area contributed by atoms with Crippen LogP contribution in [0.1, 0.15) is 51.4 Å². The molecule has 1 aliphatic carbocycles. The fourth-order valence-corrected chi connectivity index (χ4v) is 2.79. The number of aryl methyl sites for hydroxylation is 1. The standard InChI is InChI=1S/C15H27N3O/c1-19-13-7-11-18-12-10-16-15(18)17-14-8-5-3-2-4-6-9-14/h10,12,14H,2-9,11,13H2,1H3,(H,16,17). The molecule has 1 heterocycles. The van der Waals surface area contributed by atoms with Gasteiger partial charge in [0, 0.05) is 38.7 Å². The number of hydrogen-bond donors (Lipinski definition) is 1. The van der Waals surface area contributed by atoms with Gasteiger partial charge in [0.25, 0.3) is 0 Å². The maximum absolute atomic E-state index is 5.11. The first-order valence-corrected chi connectivity index (χ1v) is 7.67. The van der Waals surface area contributed by atoms with Crippen LogP contribution in [0.15, 0.2) is 12.4 Å². The molecule has 2 rings (SSSR count). The molecule has 1 aromatic heterocycles. The molecule has 0 spiro atoms. The van der Waals surface area contributed by atoms with Crippen molar-refractivity contribution in [3.05, 3.63) is 12.4 Å². The van der Waals surface area contributed by atoms with E-state index in [-0.39, 0.29) is 0 Å². The summed E-state index contributed by atoms with van der Waals surface area (Å²) in [5.41, 5.74) is 0. The molecule has 1 N–H and O–H groups in total. The summed E-state index contributed by atoms with van der Waals surface area (Å²) < 4.78 is 7.31. The fourth-order valence-electron chi connectivity index (χ4n) is 2.79. The summed E-state index contributed by atoms with van der Waals surface area (Å²) >= 11 is 0. The number of hydrogen-bond acceptors (Lipinski definition) is 3. The predicted octanol–water partition coefficient (Wildman–Crippen LogP) is 3.44. The van der Waals surface area contributed by atoms with E-state index in [0.29, 0.717) is 6.04 Å². The first kappa shape index (κ1) is 14.4. The van der Waals surface area contributed by atoms with Crippen LogP contribution in [-0.4, -0.2) is 29.3 Å². The summed E-state index contributed by atoms with van der Waals surface area (Å²) in [7, 11) is 1.75. The molecule has 19 heavy (non-hydrogen) atoms. The highest BCUT2D eigenvalue weighted by Crippen LogP contribution is 2.20. The molecule has 1 saturated carbocycles. The third-order valence-corrected chi connectivity index (χ3v) is 3.90. The van der Waals surface area contributed by atoms with Crippen LogP contribution >= 0.6 is 0 Å². The fraction of sp³-hybridized carbons (Fsp3) is 0.800. The van der Waals surface area contributed by atoms with Gasteiger partial charge in [-0.05, 0) is 19.3 Å². The van der Waals surface area contributed by atoms with Gasteiger partial charge in [-0.1, -0.05) is 32.1 Å². The van der Waals surface area contributed by atoms with Crippen LogP contribution in [0.3, 0.4) is 0 Å². The number of nitrogens with one attached hydrogen (secondary N) is 1. The van der Waals surface area contributed by atoms with Gasteiger partial charge in [0.05, 0.1) is 0 Å². The van der Waals surface area contributed by atoms with E-state index in [9.17, 15) is 0 Å². The SMILES string of the molecule is COCCCn1ccnc1NC1CCCCCCC1. The first-order chi connectivity index (χ1) is 9.40. The third-order valence-electron chi connectivity index (χ3n) is 3.90. The van der Waals surface area contributed by atoms with Gasteiger partial charge >= 0.3 is 0 Å². The van der Waals surface area contributed by atoms with Crippen molar-refractivity contribution in [2.75, 3.05) is 19.0 Å². The lowest BCUT2D eigenvalue weighted by Gasteiger charge is -2.22. The van der Waals surface area contributed by atoms with Crippen molar-refractivity contribution >= 4 is 5.95 Å². The second kappa shape index (κ2) is 8.20. The minimum Gasteiger partial charge on any atom is -0.385 e. The largest absolute Gasteiger partial charge is 0.385 e. The molecule has 108 valence electrons. The number of imidazole rings is 1. The zero-order valence-electron chi connectivity index (χ0n) is 12.1. The molecular weight excluding hydrogens is 238 g/mol. The average molecular weight is 265 g/mol. The second-order valence-corrected chi connectivity index (χ2v) is 5.48. The molecule has 0 atom stereocenters. The predicted molar refractivity (Wildman–Crippen MR) is 78.4 cm³/mol. The molecule has 4 heteroatoms. The van der Waals surface area contributed by atoms with E-state index in [2.05, 4.69) is 21.1 Å². The molecule has 0 aromatic carbocycles. The van der Waals surface area contributed by atoms with Gasteiger partial charge in [-0.3, -0.25) is 0 Å². The van der Waals surface area contributed by atoms with Crippen LogP contribution in [0.2, 0.25) is 0 Å². The van der Waals surface area contributed by atoms with Crippen molar-refractivity contribution in [2.24, 2.45) is 0 Å². The van der Waals surface area contributed by atoms with Crippen LogP contribution in [0.5, 0.6) is 0 Å². The van der Waals surface area contributed by atoms with Crippen molar-refractivity contribution < 1.29 is 4.74 Å². The Balaban J connectivity index is 1.84. The van der Waals surface area contributed by atoms with Crippen LogP contribution in [0.4, 0.5) is 5.95 Å². The highest BCUT2D eigenvalue weighted by molar-refractivity contribution is 5.27. The Labute approximate surface area is 116 Å². The topological polar surface area (TPSA) is 39.1 Å². The van der Waals surface area contributed by atoms with Gasteiger partial charge in [0.15, 0.2) is 0 Å². The van der Waals surface area contributed by atoms with Gasteiger partial charge in [-0.25, -0.2) is 4.98 Å². The number of nitrogens with zero attached hydrogens (tertiary/aromatic N) is 2. The highest BCUT2D eigenvalue weighted by Gasteiger charge is 2.13. The van der Waals surface area contributed by atoms with Crippen molar-refractivity contribution in [1.82, 2.24) is 9.55 Å². The quantitative estimate of drug-likeness (QED) is 0.801. The summed E-state index contributed by atoms with van der Waals surface area (Å²) in [6, 6.07) is 0.601. The average Bonchev–Trinajstić information content (AvgIpc) is 2.80. The molecule has 4 nitrogen and oxygen atoms in total. The number of ether oxygens (including phenoxy) is 1. The Morgan fingerprint density at radius 3 is 2.74 bits per heavy atom. The first-order valence-electron chi connectivity index (χ1n) is 7.67. The molecule has 0 bridgehead atoms. The van der Waals surface area contributed by atoms with Gasteiger partial charge in [0.2, 0.25) is 5.95 Å². The lowest BCUT2D eigenvalue weighted by Crippen LogP contribution is -2.23. The van der Waals surface area contributed by atoms with Crippen LogP contribution in [-0.2, 0) is 11.3 Å². The zero-order valence-corrected chi connectivity index (χ0v) is 12.1. The van der Waals surface area contributed by atoms with E-state index >= 15 is 0 Å². The number of anilines is 1. The summed E-state index contributed by atoms with van der Waals surface area (Å²) in [4.78, 5) is 4.45. The monoisotopic (exact) mass is 265 g/mol. The van der Waals surface area contributed by atoms with Gasteiger partial charge in [-0.2, -0.15) is 0 Å². The van der Waals surface area contributed by atoms with Crippen molar-refractivity contribution in [3.63, 3.8) is 0 Å². The summed E-state index contributed by atoms with van der Waals surface area (Å²) in [5.74, 6) is 1.03. The van der Waals surface area contributed by atoms with E-state index in [4.69, 9.17) is 4.74 Å². The van der Waals surface area contributed by atoms with Crippen molar-refractivity contribution in [2.45, 2.75) is 64.0 Å². The van der Waals surface area contributed by atoms with Crippen LogP contribution in [0, 0.1) is 0 Å². The summed E-state index contributed by atoms with van der Waals surface area (Å²) in [6.07, 6.45) is 14.4. The molecule has 0 unspecified atom stereocenters. The van der Waals surface area contributed by atoms with Gasteiger partial charge in [-0.15, -0.1) is 0 Å².